The summed E-state index contributed by atoms with van der Waals surface area (Å²) in [5, 5.41) is 0. The normalized spacial score (nSPS) is 11.8. The third-order valence-corrected chi connectivity index (χ3v) is 2.28. The van der Waals surface area contributed by atoms with E-state index in [4.69, 9.17) is 4.74 Å². The minimum atomic E-state index is -0.197. The molecule has 0 N–H and O–H groups in total. The van der Waals surface area contributed by atoms with Crippen LogP contribution in [-0.4, -0.2) is 5.97 Å². The molecule has 0 heterocycles. The molecule has 0 unspecified atom stereocenters. The highest BCUT2D eigenvalue weighted by Gasteiger charge is 2.14. The highest BCUT2D eigenvalue weighted by Crippen LogP contribution is 2.22. The van der Waals surface area contributed by atoms with Gasteiger partial charge in [0.05, 0.1) is 0 Å². The van der Waals surface area contributed by atoms with Crippen LogP contribution in [0.3, 0.4) is 0 Å². The quantitative estimate of drug-likeness (QED) is 0.538. The summed E-state index contributed by atoms with van der Waals surface area (Å²) < 4.78 is 5.41. The average Bonchev–Trinajstić information content (AvgIpc) is 2.30. The molecule has 2 heteroatoms. The molecule has 0 spiro atoms. The van der Waals surface area contributed by atoms with E-state index in [2.05, 4.69) is 6.58 Å². The van der Waals surface area contributed by atoms with Crippen LogP contribution >= 0.6 is 0 Å². The van der Waals surface area contributed by atoms with Crippen molar-refractivity contribution in [1.29, 1.82) is 0 Å². The van der Waals surface area contributed by atoms with Gasteiger partial charge in [0.2, 0.25) is 0 Å². The molecule has 0 fully saturated rings. The lowest BCUT2D eigenvalue weighted by Crippen LogP contribution is -2.10. The van der Waals surface area contributed by atoms with Gasteiger partial charge < -0.3 is 4.74 Å². The van der Waals surface area contributed by atoms with E-state index < -0.39 is 0 Å². The van der Waals surface area contributed by atoms with Gasteiger partial charge in [0.1, 0.15) is 6.10 Å². The molecule has 0 aliphatic heterocycles. The fourth-order valence-electron chi connectivity index (χ4n) is 1.49. The Morgan fingerprint density at radius 3 is 2.69 bits per heavy atom. The van der Waals surface area contributed by atoms with Crippen LogP contribution in [0.5, 0.6) is 0 Å². The third-order valence-electron chi connectivity index (χ3n) is 2.28. The lowest BCUT2D eigenvalue weighted by molar-refractivity contribution is -0.149. The van der Waals surface area contributed by atoms with Crippen molar-refractivity contribution in [3.8, 4) is 0 Å². The lowest BCUT2D eigenvalue weighted by Gasteiger charge is -2.16. The summed E-state index contributed by atoms with van der Waals surface area (Å²) in [5.74, 6) is -0.141. The second-order valence-electron chi connectivity index (χ2n) is 3.66. The molecule has 1 aromatic carbocycles. The summed E-state index contributed by atoms with van der Waals surface area (Å²) in [5.41, 5.74) is 1.02. The first-order chi connectivity index (χ1) is 7.77. The van der Waals surface area contributed by atoms with Gasteiger partial charge in [0.25, 0.3) is 0 Å². The molecule has 0 aliphatic rings. The predicted octanol–water partition coefficient (Wildman–Crippen LogP) is 3.65. The standard InChI is InChI=1S/C14H18O2/c1-3-8-13(16-14(15)9-4-2)12-10-6-5-7-11-12/h3,5-7,10-11,13H,1,4,8-9H2,2H3/t13-/m1/s1. The SMILES string of the molecule is C=CC[C@@H](OC(=O)CCC)c1ccccc1. The Morgan fingerprint density at radius 2 is 2.12 bits per heavy atom. The van der Waals surface area contributed by atoms with Crippen molar-refractivity contribution in [2.75, 3.05) is 0 Å². The molecule has 0 saturated carbocycles. The van der Waals surface area contributed by atoms with Crippen molar-refractivity contribution in [3.05, 3.63) is 48.6 Å². The second kappa shape index (κ2) is 6.83. The van der Waals surface area contributed by atoms with Gasteiger partial charge in [-0.25, -0.2) is 0 Å². The van der Waals surface area contributed by atoms with Crippen LogP contribution in [0.4, 0.5) is 0 Å². The van der Waals surface area contributed by atoms with Crippen molar-refractivity contribution in [2.45, 2.75) is 32.3 Å². The zero-order valence-electron chi connectivity index (χ0n) is 9.69. The molecule has 0 aliphatic carbocycles. The highest BCUT2D eigenvalue weighted by atomic mass is 16.5. The number of carbonyl (C=O) groups excluding carboxylic acids is 1. The fraction of sp³-hybridized carbons (Fsp3) is 0.357. The molecule has 86 valence electrons. The van der Waals surface area contributed by atoms with Crippen LogP contribution in [0.15, 0.2) is 43.0 Å². The molecule has 1 aromatic rings. The molecule has 2 nitrogen and oxygen atoms in total. The van der Waals surface area contributed by atoms with Gasteiger partial charge in [-0.15, -0.1) is 6.58 Å². The monoisotopic (exact) mass is 218 g/mol. The van der Waals surface area contributed by atoms with Gasteiger partial charge >= 0.3 is 5.97 Å². The number of hydrogen-bond acceptors (Lipinski definition) is 2. The molecule has 16 heavy (non-hydrogen) atoms. The Bertz CT molecular complexity index is 330. The third kappa shape index (κ3) is 3.89. The summed E-state index contributed by atoms with van der Waals surface area (Å²) in [6.45, 7) is 5.65. The van der Waals surface area contributed by atoms with Gasteiger partial charge in [-0.3, -0.25) is 4.79 Å². The fourth-order valence-corrected chi connectivity index (χ4v) is 1.49. The largest absolute Gasteiger partial charge is 0.457 e. The smallest absolute Gasteiger partial charge is 0.306 e. The first kappa shape index (κ1) is 12.5. The zero-order valence-corrected chi connectivity index (χ0v) is 9.69. The molecule has 0 aromatic heterocycles. The molecule has 1 atom stereocenters. The van der Waals surface area contributed by atoms with Crippen LogP contribution < -0.4 is 0 Å². The minimum Gasteiger partial charge on any atom is -0.457 e. The summed E-state index contributed by atoms with van der Waals surface area (Å²) in [6, 6.07) is 9.77. The number of esters is 1. The Balaban J connectivity index is 2.68. The van der Waals surface area contributed by atoms with Gasteiger partial charge in [-0.1, -0.05) is 43.3 Å². The lowest BCUT2D eigenvalue weighted by atomic mass is 10.1. The van der Waals surface area contributed by atoms with Crippen molar-refractivity contribution in [2.24, 2.45) is 0 Å². The van der Waals surface area contributed by atoms with Crippen LogP contribution in [-0.2, 0) is 9.53 Å². The maximum atomic E-state index is 11.4. The molecule has 0 amide bonds. The predicted molar refractivity (Wildman–Crippen MR) is 65.0 cm³/mol. The van der Waals surface area contributed by atoms with Gasteiger partial charge in [-0.2, -0.15) is 0 Å². The Hall–Kier alpha value is -1.57. The van der Waals surface area contributed by atoms with E-state index in [0.717, 1.165) is 12.0 Å². The maximum absolute atomic E-state index is 11.4. The first-order valence-corrected chi connectivity index (χ1v) is 5.63. The van der Waals surface area contributed by atoms with Gasteiger partial charge in [-0.05, 0) is 12.0 Å². The van der Waals surface area contributed by atoms with Crippen LogP contribution in [0.25, 0.3) is 0 Å². The van der Waals surface area contributed by atoms with E-state index in [1.54, 1.807) is 6.08 Å². The first-order valence-electron chi connectivity index (χ1n) is 5.63. The van der Waals surface area contributed by atoms with Crippen molar-refractivity contribution in [3.63, 3.8) is 0 Å². The second-order valence-corrected chi connectivity index (χ2v) is 3.66. The van der Waals surface area contributed by atoms with Crippen LogP contribution in [0, 0.1) is 0 Å². The average molecular weight is 218 g/mol. The van der Waals surface area contributed by atoms with Crippen LogP contribution in [0.2, 0.25) is 0 Å². The maximum Gasteiger partial charge on any atom is 0.306 e. The Kier molecular flexibility index (Phi) is 5.34. The Labute approximate surface area is 96.9 Å². The summed E-state index contributed by atoms with van der Waals surface area (Å²) in [7, 11) is 0. The van der Waals surface area contributed by atoms with E-state index in [9.17, 15) is 4.79 Å². The van der Waals surface area contributed by atoms with E-state index in [-0.39, 0.29) is 12.1 Å². The molecular formula is C14H18O2. The number of hydrogen-bond donors (Lipinski definition) is 0. The number of carbonyl (C=O) groups is 1. The van der Waals surface area contributed by atoms with Crippen LogP contribution in [0.1, 0.15) is 37.9 Å². The molecule has 1 rings (SSSR count). The number of benzene rings is 1. The van der Waals surface area contributed by atoms with E-state index in [0.29, 0.717) is 12.8 Å². The van der Waals surface area contributed by atoms with Crippen molar-refractivity contribution >= 4 is 5.97 Å². The topological polar surface area (TPSA) is 26.3 Å². The molecule has 0 saturated heterocycles. The number of ether oxygens (including phenoxy) is 1. The summed E-state index contributed by atoms with van der Waals surface area (Å²) in [6.07, 6.45) is 3.52. The number of rotatable bonds is 6. The van der Waals surface area contributed by atoms with E-state index >= 15 is 0 Å². The zero-order chi connectivity index (χ0) is 11.8. The summed E-state index contributed by atoms with van der Waals surface area (Å²) in [4.78, 5) is 11.4. The molecule has 0 radical (unpaired) electrons. The van der Waals surface area contributed by atoms with E-state index in [1.165, 1.54) is 0 Å². The van der Waals surface area contributed by atoms with Gasteiger partial charge in [0.15, 0.2) is 0 Å². The van der Waals surface area contributed by atoms with Crippen molar-refractivity contribution in [1.82, 2.24) is 0 Å². The van der Waals surface area contributed by atoms with Gasteiger partial charge in [0, 0.05) is 12.8 Å². The highest BCUT2D eigenvalue weighted by molar-refractivity contribution is 5.69. The Morgan fingerprint density at radius 1 is 1.44 bits per heavy atom. The molecule has 0 bridgehead atoms. The summed E-state index contributed by atoms with van der Waals surface area (Å²) >= 11 is 0. The van der Waals surface area contributed by atoms with Crippen molar-refractivity contribution < 1.29 is 9.53 Å². The minimum absolute atomic E-state index is 0.141. The molecular weight excluding hydrogens is 200 g/mol. The van der Waals surface area contributed by atoms with E-state index in [1.807, 2.05) is 37.3 Å².